The number of nitrogens with zero attached hydrogens (tertiary/aromatic N) is 3. The Hall–Kier alpha value is -3.04. The molecule has 4 heterocycles. The molecule has 0 bridgehead atoms. The third-order valence-electron chi connectivity index (χ3n) is 6.66. The number of hydrogen-bond donors (Lipinski definition) is 7. The molecule has 4 atom stereocenters. The molecule has 4 aromatic heterocycles. The van der Waals surface area contributed by atoms with Crippen LogP contribution in [0.15, 0.2) is 50.5 Å². The number of nitrogens with one attached hydrogen (secondary N) is 5. The lowest BCUT2D eigenvalue weighted by molar-refractivity contribution is 0.0734. The number of carbonyl (C=O) groups is 2. The highest BCUT2D eigenvalue weighted by Crippen LogP contribution is 2.56. The summed E-state index contributed by atoms with van der Waals surface area (Å²) in [4.78, 5) is 43.3. The topological polar surface area (TPSA) is 188 Å². The van der Waals surface area contributed by atoms with Crippen LogP contribution < -0.4 is 22.1 Å². The summed E-state index contributed by atoms with van der Waals surface area (Å²) in [6.07, 6.45) is 6.76. The summed E-state index contributed by atoms with van der Waals surface area (Å²) in [5, 5.41) is 6.04. The zero-order valence-corrected chi connectivity index (χ0v) is 23.9. The van der Waals surface area contributed by atoms with Gasteiger partial charge in [-0.3, -0.25) is 9.36 Å². The molecule has 5 rings (SSSR count). The number of halogens is 3. The minimum absolute atomic E-state index is 0.0558. The highest BCUT2D eigenvalue weighted by Gasteiger charge is 2.53. The van der Waals surface area contributed by atoms with Crippen molar-refractivity contribution in [3.63, 3.8) is 0 Å². The van der Waals surface area contributed by atoms with Crippen molar-refractivity contribution in [2.24, 2.45) is 11.8 Å². The van der Waals surface area contributed by atoms with Crippen molar-refractivity contribution in [2.45, 2.75) is 11.8 Å². The largest absolute Gasteiger partial charge is 0.369 e. The molecule has 4 aromatic rings. The SMILES string of the molecule is Nc1ncc([C@H]2[C@H](CNC(=O)c3cc(Br)c(Br)[nH]3)[C@@H](CNC(=O)n3ccc(Br)c3)[C@@H]2c2cnc(N)[nH]2)[nH]1. The van der Waals surface area contributed by atoms with E-state index in [9.17, 15) is 9.59 Å². The van der Waals surface area contributed by atoms with Crippen LogP contribution in [0.2, 0.25) is 0 Å². The number of carbonyl (C=O) groups excluding carboxylic acids is 2. The number of aromatic amines is 3. The zero-order chi connectivity index (χ0) is 26.3. The molecule has 0 saturated heterocycles. The van der Waals surface area contributed by atoms with E-state index in [1.807, 2.05) is 0 Å². The van der Waals surface area contributed by atoms with Crippen molar-refractivity contribution < 1.29 is 9.59 Å². The lowest BCUT2D eigenvalue weighted by Gasteiger charge is -2.51. The minimum atomic E-state index is -0.258. The molecule has 1 aliphatic rings. The van der Waals surface area contributed by atoms with Gasteiger partial charge in [0.25, 0.3) is 5.91 Å². The van der Waals surface area contributed by atoms with Gasteiger partial charge in [-0.2, -0.15) is 0 Å². The number of nitrogen functional groups attached to an aromatic ring is 2. The standard InChI is InChI=1S/C22H23Br3N10O2/c23-9-1-2-35(8-9)22(37)31-5-11-10(4-28-19(36)13-3-12(24)18(25)32-13)16(14-6-29-20(26)33-14)17(11)15-7-30-21(27)34-15/h1-3,6-8,10-11,16-17,32H,4-5H2,(H,28,36)(H,31,37)(H3,26,29,33)(H3,27,30,34)/t10-,11-,16-,17-/m1/s1. The van der Waals surface area contributed by atoms with E-state index in [2.05, 4.69) is 83.3 Å². The Bertz CT molecular complexity index is 1420. The number of hydrogen-bond acceptors (Lipinski definition) is 6. The van der Waals surface area contributed by atoms with Crippen molar-refractivity contribution in [2.75, 3.05) is 24.6 Å². The fourth-order valence-electron chi connectivity index (χ4n) is 4.99. The summed E-state index contributed by atoms with van der Waals surface area (Å²) in [5.74, 6) is 0.0704. The van der Waals surface area contributed by atoms with E-state index >= 15 is 0 Å². The Labute approximate surface area is 236 Å². The predicted molar refractivity (Wildman–Crippen MR) is 148 cm³/mol. The number of nitrogens with two attached hydrogens (primary N) is 2. The maximum Gasteiger partial charge on any atom is 0.325 e. The van der Waals surface area contributed by atoms with Crippen LogP contribution in [0, 0.1) is 11.8 Å². The molecule has 0 aromatic carbocycles. The lowest BCUT2D eigenvalue weighted by Crippen LogP contribution is -2.53. The smallest absolute Gasteiger partial charge is 0.325 e. The van der Waals surface area contributed by atoms with Crippen LogP contribution in [-0.4, -0.2) is 54.5 Å². The van der Waals surface area contributed by atoms with E-state index in [1.54, 1.807) is 36.9 Å². The summed E-state index contributed by atoms with van der Waals surface area (Å²) in [6.45, 7) is 0.713. The summed E-state index contributed by atoms with van der Waals surface area (Å²) in [7, 11) is 0. The Morgan fingerprint density at radius 3 is 2.00 bits per heavy atom. The Morgan fingerprint density at radius 1 is 0.946 bits per heavy atom. The summed E-state index contributed by atoms with van der Waals surface area (Å²) < 4.78 is 3.70. The van der Waals surface area contributed by atoms with E-state index in [4.69, 9.17) is 11.5 Å². The normalized spacial score (nSPS) is 20.9. The molecule has 2 amide bonds. The minimum Gasteiger partial charge on any atom is -0.369 e. The first kappa shape index (κ1) is 25.6. The van der Waals surface area contributed by atoms with E-state index < -0.39 is 0 Å². The highest BCUT2D eigenvalue weighted by molar-refractivity contribution is 9.13. The second-order valence-corrected chi connectivity index (χ2v) is 11.4. The van der Waals surface area contributed by atoms with Gasteiger partial charge in [-0.15, -0.1) is 0 Å². The van der Waals surface area contributed by atoms with E-state index in [1.165, 1.54) is 4.57 Å². The van der Waals surface area contributed by atoms with Crippen LogP contribution in [0.5, 0.6) is 0 Å². The maximum absolute atomic E-state index is 12.9. The quantitative estimate of drug-likeness (QED) is 0.155. The van der Waals surface area contributed by atoms with Gasteiger partial charge in [-0.25, -0.2) is 14.8 Å². The van der Waals surface area contributed by atoms with Gasteiger partial charge in [0.1, 0.15) is 5.69 Å². The molecule has 194 valence electrons. The molecule has 0 aliphatic heterocycles. The highest BCUT2D eigenvalue weighted by atomic mass is 79.9. The number of rotatable bonds is 7. The summed E-state index contributed by atoms with van der Waals surface area (Å²) in [6, 6.07) is 3.23. The molecular formula is C22H23Br3N10O2. The third kappa shape index (κ3) is 5.20. The van der Waals surface area contributed by atoms with Crippen molar-refractivity contribution in [3.8, 4) is 0 Å². The monoisotopic (exact) mass is 696 g/mol. The fraction of sp³-hybridized carbons (Fsp3) is 0.273. The first-order valence-corrected chi connectivity index (χ1v) is 13.6. The van der Waals surface area contributed by atoms with Crippen molar-refractivity contribution in [1.82, 2.24) is 40.1 Å². The van der Waals surface area contributed by atoms with Gasteiger partial charge < -0.3 is 37.1 Å². The van der Waals surface area contributed by atoms with Crippen molar-refractivity contribution in [3.05, 3.63) is 67.6 Å². The fourth-order valence-corrected chi connectivity index (χ4v) is 5.99. The van der Waals surface area contributed by atoms with Crippen LogP contribution >= 0.6 is 47.8 Å². The maximum atomic E-state index is 12.9. The molecule has 12 nitrogen and oxygen atoms in total. The molecule has 0 spiro atoms. The first-order valence-electron chi connectivity index (χ1n) is 11.3. The van der Waals surface area contributed by atoms with Gasteiger partial charge in [-0.1, -0.05) is 0 Å². The second-order valence-electron chi connectivity index (χ2n) is 8.80. The third-order valence-corrected chi connectivity index (χ3v) is 8.91. The molecule has 1 saturated carbocycles. The first-order chi connectivity index (χ1) is 17.7. The number of anilines is 2. The van der Waals surface area contributed by atoms with E-state index in [0.29, 0.717) is 35.3 Å². The molecule has 0 radical (unpaired) electrons. The zero-order valence-electron chi connectivity index (χ0n) is 19.1. The molecule has 37 heavy (non-hydrogen) atoms. The second kappa shape index (κ2) is 10.4. The van der Waals surface area contributed by atoms with Gasteiger partial charge in [0.05, 0.1) is 21.5 Å². The molecule has 0 unspecified atom stereocenters. The van der Waals surface area contributed by atoms with Crippen LogP contribution in [0.3, 0.4) is 0 Å². The van der Waals surface area contributed by atoms with Gasteiger partial charge in [0.2, 0.25) is 0 Å². The number of H-pyrrole nitrogens is 3. The summed E-state index contributed by atoms with van der Waals surface area (Å²) in [5.41, 5.74) is 13.9. The number of aromatic nitrogens is 6. The van der Waals surface area contributed by atoms with E-state index in [0.717, 1.165) is 20.3 Å². The van der Waals surface area contributed by atoms with Crippen LogP contribution in [-0.2, 0) is 0 Å². The van der Waals surface area contributed by atoms with Gasteiger partial charge in [0, 0.05) is 53.2 Å². The Balaban J connectivity index is 1.40. The van der Waals surface area contributed by atoms with Crippen LogP contribution in [0.1, 0.15) is 33.7 Å². The lowest BCUT2D eigenvalue weighted by atomic mass is 9.54. The van der Waals surface area contributed by atoms with E-state index in [-0.39, 0.29) is 35.6 Å². The average molecular weight is 699 g/mol. The molecule has 15 heteroatoms. The molecule has 9 N–H and O–H groups in total. The Kier molecular flexibility index (Phi) is 7.18. The number of amides is 2. The van der Waals surface area contributed by atoms with Gasteiger partial charge >= 0.3 is 6.03 Å². The van der Waals surface area contributed by atoms with Gasteiger partial charge in [-0.05, 0) is 71.8 Å². The predicted octanol–water partition coefficient (Wildman–Crippen LogP) is 3.52. The van der Waals surface area contributed by atoms with Crippen molar-refractivity contribution in [1.29, 1.82) is 0 Å². The molecule has 1 fully saturated rings. The van der Waals surface area contributed by atoms with Crippen LogP contribution in [0.4, 0.5) is 16.7 Å². The van der Waals surface area contributed by atoms with Crippen LogP contribution in [0.25, 0.3) is 0 Å². The molecular weight excluding hydrogens is 676 g/mol. The summed E-state index contributed by atoms with van der Waals surface area (Å²) >= 11 is 10.1. The average Bonchev–Trinajstić information content (AvgIpc) is 3.63. The van der Waals surface area contributed by atoms with Gasteiger partial charge in [0.15, 0.2) is 11.9 Å². The number of imidazole rings is 2. The van der Waals surface area contributed by atoms with Crippen molar-refractivity contribution >= 4 is 71.6 Å². The molecule has 1 aliphatic carbocycles. The Morgan fingerprint density at radius 2 is 1.54 bits per heavy atom.